The zero-order valence-corrected chi connectivity index (χ0v) is 10.1. The third kappa shape index (κ3) is 4.09. The molecule has 0 bridgehead atoms. The van der Waals surface area contributed by atoms with Crippen molar-refractivity contribution in [3.8, 4) is 0 Å². The van der Waals surface area contributed by atoms with Crippen LogP contribution in [0.1, 0.15) is 46.0 Å². The van der Waals surface area contributed by atoms with Crippen molar-refractivity contribution in [1.82, 2.24) is 0 Å². The largest absolute Gasteiger partial charge is 0.393 e. The summed E-state index contributed by atoms with van der Waals surface area (Å²) < 4.78 is 0. The molecule has 3 nitrogen and oxygen atoms in total. The van der Waals surface area contributed by atoms with Crippen LogP contribution in [-0.2, 0) is 0 Å². The van der Waals surface area contributed by atoms with Crippen molar-refractivity contribution in [2.75, 3.05) is 13.2 Å². The molecule has 1 unspecified atom stereocenters. The summed E-state index contributed by atoms with van der Waals surface area (Å²) in [5.74, 6) is 0. The van der Waals surface area contributed by atoms with Crippen LogP contribution in [0.25, 0.3) is 0 Å². The zero-order chi connectivity index (χ0) is 11.3. The van der Waals surface area contributed by atoms with E-state index in [1.54, 1.807) is 0 Å². The lowest BCUT2D eigenvalue weighted by Gasteiger charge is -2.35. The molecule has 1 aliphatic carbocycles. The molecule has 0 heterocycles. The Balaban J connectivity index is 2.48. The van der Waals surface area contributed by atoms with Crippen LogP contribution in [0, 0.1) is 0 Å². The summed E-state index contributed by atoms with van der Waals surface area (Å²) in [5.41, 5.74) is 0. The van der Waals surface area contributed by atoms with Crippen molar-refractivity contribution in [2.45, 2.75) is 64.1 Å². The average molecular weight is 216 g/mol. The van der Waals surface area contributed by atoms with E-state index < -0.39 is 6.10 Å². The van der Waals surface area contributed by atoms with Crippen molar-refractivity contribution < 1.29 is 15.1 Å². The third-order valence-corrected chi connectivity index (χ3v) is 3.55. The summed E-state index contributed by atoms with van der Waals surface area (Å²) in [6.45, 7) is 4.99. The lowest BCUT2D eigenvalue weighted by atomic mass is 9.93. The predicted octanol–water partition coefficient (Wildman–Crippen LogP) is -0.0344. The van der Waals surface area contributed by atoms with Crippen LogP contribution in [0.2, 0.25) is 0 Å². The van der Waals surface area contributed by atoms with Crippen LogP contribution in [0.15, 0.2) is 0 Å². The first-order chi connectivity index (χ1) is 7.15. The van der Waals surface area contributed by atoms with E-state index in [2.05, 4.69) is 13.8 Å². The van der Waals surface area contributed by atoms with Gasteiger partial charge < -0.3 is 15.1 Å². The minimum absolute atomic E-state index is 0.108. The molecule has 0 aliphatic heterocycles. The summed E-state index contributed by atoms with van der Waals surface area (Å²) in [5, 5.41) is 18.4. The lowest BCUT2D eigenvalue weighted by Crippen LogP contribution is -3.19. The molecule has 0 aromatic heterocycles. The number of hydrogen-bond donors (Lipinski definition) is 3. The molecule has 0 aromatic rings. The van der Waals surface area contributed by atoms with Gasteiger partial charge in [0.05, 0.1) is 18.7 Å². The monoisotopic (exact) mass is 216 g/mol. The molecule has 0 amide bonds. The minimum atomic E-state index is -0.552. The standard InChI is InChI=1S/C12H25NO2/c1-10(2)13(8-12(15)9-14)11-6-4-3-5-7-11/h10-12,14-15H,3-9H2,1-2H3/p+1/t12-/m1/s1. The normalized spacial score (nSPS) is 23.0. The van der Waals surface area contributed by atoms with Crippen molar-refractivity contribution in [3.05, 3.63) is 0 Å². The average Bonchev–Trinajstić information content (AvgIpc) is 2.26. The maximum absolute atomic E-state index is 9.54. The van der Waals surface area contributed by atoms with Gasteiger partial charge in [-0.3, -0.25) is 0 Å². The number of nitrogens with one attached hydrogen (secondary N) is 1. The molecular weight excluding hydrogens is 190 g/mol. The van der Waals surface area contributed by atoms with Crippen LogP contribution in [0.4, 0.5) is 0 Å². The van der Waals surface area contributed by atoms with E-state index in [1.165, 1.54) is 37.0 Å². The maximum Gasteiger partial charge on any atom is 0.126 e. The molecule has 2 atom stereocenters. The highest BCUT2D eigenvalue weighted by Gasteiger charge is 2.28. The Morgan fingerprint density at radius 3 is 2.27 bits per heavy atom. The Morgan fingerprint density at radius 1 is 1.20 bits per heavy atom. The summed E-state index contributed by atoms with van der Waals surface area (Å²) >= 11 is 0. The van der Waals surface area contributed by atoms with E-state index in [-0.39, 0.29) is 6.61 Å². The maximum atomic E-state index is 9.54. The predicted molar refractivity (Wildman–Crippen MR) is 60.9 cm³/mol. The van der Waals surface area contributed by atoms with Gasteiger partial charge in [0.15, 0.2) is 0 Å². The van der Waals surface area contributed by atoms with Gasteiger partial charge in [0, 0.05) is 0 Å². The number of hydrogen-bond acceptors (Lipinski definition) is 2. The van der Waals surface area contributed by atoms with Gasteiger partial charge in [-0.2, -0.15) is 0 Å². The Hall–Kier alpha value is -0.120. The Bertz CT molecular complexity index is 167. The lowest BCUT2D eigenvalue weighted by molar-refractivity contribution is -0.950. The first-order valence-electron chi connectivity index (χ1n) is 6.29. The Labute approximate surface area is 93.1 Å². The molecule has 1 rings (SSSR count). The van der Waals surface area contributed by atoms with E-state index in [4.69, 9.17) is 5.11 Å². The number of quaternary nitrogens is 1. The van der Waals surface area contributed by atoms with Gasteiger partial charge in [-0.1, -0.05) is 6.42 Å². The molecule has 3 N–H and O–H groups in total. The topological polar surface area (TPSA) is 44.9 Å². The molecule has 0 aromatic carbocycles. The van der Waals surface area contributed by atoms with Crippen molar-refractivity contribution >= 4 is 0 Å². The van der Waals surface area contributed by atoms with E-state index >= 15 is 0 Å². The van der Waals surface area contributed by atoms with E-state index in [0.29, 0.717) is 18.6 Å². The van der Waals surface area contributed by atoms with E-state index in [1.807, 2.05) is 0 Å². The van der Waals surface area contributed by atoms with Crippen LogP contribution < -0.4 is 4.90 Å². The van der Waals surface area contributed by atoms with Crippen LogP contribution in [0.5, 0.6) is 0 Å². The highest BCUT2D eigenvalue weighted by Crippen LogP contribution is 2.15. The highest BCUT2D eigenvalue weighted by atomic mass is 16.3. The Morgan fingerprint density at radius 2 is 1.80 bits per heavy atom. The number of rotatable bonds is 5. The molecule has 0 spiro atoms. The van der Waals surface area contributed by atoms with Crippen LogP contribution in [0.3, 0.4) is 0 Å². The van der Waals surface area contributed by atoms with E-state index in [0.717, 1.165) is 0 Å². The second-order valence-corrected chi connectivity index (χ2v) is 5.11. The molecule has 0 saturated heterocycles. The van der Waals surface area contributed by atoms with Gasteiger partial charge >= 0.3 is 0 Å². The van der Waals surface area contributed by atoms with Gasteiger partial charge in [0.25, 0.3) is 0 Å². The summed E-state index contributed by atoms with van der Waals surface area (Å²) in [4.78, 5) is 1.47. The molecule has 1 fully saturated rings. The fraction of sp³-hybridized carbons (Fsp3) is 1.00. The summed E-state index contributed by atoms with van der Waals surface area (Å²) in [6, 6.07) is 1.23. The SMILES string of the molecule is CC(C)[NH+](C[C@@H](O)CO)C1CCCCC1. The molecule has 1 saturated carbocycles. The highest BCUT2D eigenvalue weighted by molar-refractivity contribution is 4.65. The first kappa shape index (κ1) is 12.9. The molecule has 0 radical (unpaired) electrons. The van der Waals surface area contributed by atoms with Gasteiger partial charge in [0.1, 0.15) is 12.6 Å². The van der Waals surface area contributed by atoms with Gasteiger partial charge in [-0.25, -0.2) is 0 Å². The quantitative estimate of drug-likeness (QED) is 0.604. The molecule has 1 aliphatic rings. The second kappa shape index (κ2) is 6.46. The third-order valence-electron chi connectivity index (χ3n) is 3.55. The fourth-order valence-corrected chi connectivity index (χ4v) is 2.68. The number of aliphatic hydroxyl groups excluding tert-OH is 2. The Kier molecular flexibility index (Phi) is 5.58. The zero-order valence-electron chi connectivity index (χ0n) is 10.1. The van der Waals surface area contributed by atoms with Gasteiger partial charge in [-0.15, -0.1) is 0 Å². The molecule has 3 heteroatoms. The van der Waals surface area contributed by atoms with Gasteiger partial charge in [-0.05, 0) is 39.5 Å². The smallest absolute Gasteiger partial charge is 0.126 e. The van der Waals surface area contributed by atoms with Crippen molar-refractivity contribution in [2.24, 2.45) is 0 Å². The van der Waals surface area contributed by atoms with Crippen LogP contribution >= 0.6 is 0 Å². The van der Waals surface area contributed by atoms with Crippen LogP contribution in [-0.4, -0.2) is 41.6 Å². The summed E-state index contributed by atoms with van der Waals surface area (Å²) in [7, 11) is 0. The van der Waals surface area contributed by atoms with Crippen molar-refractivity contribution in [1.29, 1.82) is 0 Å². The molecular formula is C12H26NO2+. The van der Waals surface area contributed by atoms with Crippen molar-refractivity contribution in [3.63, 3.8) is 0 Å². The second-order valence-electron chi connectivity index (χ2n) is 5.11. The fourth-order valence-electron chi connectivity index (χ4n) is 2.68. The molecule has 15 heavy (non-hydrogen) atoms. The van der Waals surface area contributed by atoms with E-state index in [9.17, 15) is 5.11 Å². The first-order valence-corrected chi connectivity index (χ1v) is 6.29. The minimum Gasteiger partial charge on any atom is -0.393 e. The van der Waals surface area contributed by atoms with Gasteiger partial charge in [0.2, 0.25) is 0 Å². The number of aliphatic hydroxyl groups is 2. The summed E-state index contributed by atoms with van der Waals surface area (Å²) in [6.07, 6.45) is 6.04. The molecule has 90 valence electrons.